The van der Waals surface area contributed by atoms with Crippen LogP contribution in [-0.2, 0) is 0 Å². The molecule has 2 atom stereocenters. The number of benzene rings is 1. The molecule has 0 aliphatic carbocycles. The molecule has 1 aromatic carbocycles. The lowest BCUT2D eigenvalue weighted by Gasteiger charge is -2.46. The number of rotatable bonds is 2. The lowest BCUT2D eigenvalue weighted by atomic mass is 9.93. The van der Waals surface area contributed by atoms with Crippen molar-refractivity contribution in [3.05, 3.63) is 29.6 Å². The van der Waals surface area contributed by atoms with E-state index >= 15 is 0 Å². The molecule has 19 heavy (non-hydrogen) atoms. The Kier molecular flexibility index (Phi) is 3.76. The third kappa shape index (κ3) is 2.71. The Morgan fingerprint density at radius 1 is 1.37 bits per heavy atom. The van der Waals surface area contributed by atoms with Crippen molar-refractivity contribution in [2.75, 3.05) is 18.0 Å². The predicted molar refractivity (Wildman–Crippen MR) is 69.8 cm³/mol. The molecule has 2 nitrogen and oxygen atoms in total. The topological polar surface area (TPSA) is 15.3 Å². The molecule has 1 saturated heterocycles. The van der Waals surface area contributed by atoms with E-state index in [2.05, 4.69) is 5.32 Å². The van der Waals surface area contributed by atoms with E-state index in [0.717, 1.165) is 12.5 Å². The highest BCUT2D eigenvalue weighted by Crippen LogP contribution is 2.29. The Balaban J connectivity index is 2.39. The van der Waals surface area contributed by atoms with Crippen LogP contribution in [0.4, 0.5) is 18.9 Å². The van der Waals surface area contributed by atoms with Gasteiger partial charge in [0, 0.05) is 36.8 Å². The van der Waals surface area contributed by atoms with E-state index in [9.17, 15) is 13.2 Å². The molecule has 1 N–H and O–H groups in total. The SMILES string of the molecule is CCC1(C)CN(c2cc(F)cc(F)c2F)C(C)CN1. The second-order valence-corrected chi connectivity index (χ2v) is 5.49. The van der Waals surface area contributed by atoms with Crippen LogP contribution in [0.2, 0.25) is 0 Å². The van der Waals surface area contributed by atoms with Crippen LogP contribution in [0, 0.1) is 17.5 Å². The molecular weight excluding hydrogens is 253 g/mol. The second kappa shape index (κ2) is 5.04. The van der Waals surface area contributed by atoms with Crippen molar-refractivity contribution in [2.24, 2.45) is 0 Å². The van der Waals surface area contributed by atoms with E-state index in [1.54, 1.807) is 4.90 Å². The van der Waals surface area contributed by atoms with Crippen molar-refractivity contribution in [3.8, 4) is 0 Å². The van der Waals surface area contributed by atoms with Gasteiger partial charge in [-0.2, -0.15) is 0 Å². The van der Waals surface area contributed by atoms with E-state index in [-0.39, 0.29) is 17.3 Å². The second-order valence-electron chi connectivity index (χ2n) is 5.49. The summed E-state index contributed by atoms with van der Waals surface area (Å²) in [7, 11) is 0. The third-order valence-electron chi connectivity index (χ3n) is 3.94. The Morgan fingerprint density at radius 3 is 2.68 bits per heavy atom. The molecule has 1 aliphatic heterocycles. The maximum Gasteiger partial charge on any atom is 0.182 e. The van der Waals surface area contributed by atoms with Gasteiger partial charge in [-0.1, -0.05) is 6.92 Å². The Morgan fingerprint density at radius 2 is 2.05 bits per heavy atom. The first-order valence-corrected chi connectivity index (χ1v) is 6.52. The molecular formula is C14H19F3N2. The lowest BCUT2D eigenvalue weighted by molar-refractivity contribution is 0.283. The number of nitrogens with one attached hydrogen (secondary N) is 1. The standard InChI is InChI=1S/C14H19F3N2/c1-4-14(3)8-19(9(2)7-18-14)12-6-10(15)5-11(16)13(12)17/h5-6,9,18H,4,7-8H2,1-3H3. The molecule has 1 aromatic rings. The van der Waals surface area contributed by atoms with Crippen molar-refractivity contribution in [2.45, 2.75) is 38.8 Å². The zero-order chi connectivity index (χ0) is 14.2. The maximum atomic E-state index is 13.9. The van der Waals surface area contributed by atoms with Gasteiger partial charge in [-0.15, -0.1) is 0 Å². The van der Waals surface area contributed by atoms with Gasteiger partial charge in [0.2, 0.25) is 0 Å². The van der Waals surface area contributed by atoms with Crippen molar-refractivity contribution >= 4 is 5.69 Å². The van der Waals surface area contributed by atoms with Gasteiger partial charge >= 0.3 is 0 Å². The van der Waals surface area contributed by atoms with Gasteiger partial charge in [-0.05, 0) is 20.3 Å². The zero-order valence-corrected chi connectivity index (χ0v) is 11.4. The molecule has 0 aromatic heterocycles. The largest absolute Gasteiger partial charge is 0.363 e. The molecule has 1 heterocycles. The van der Waals surface area contributed by atoms with E-state index in [0.29, 0.717) is 19.2 Å². The fourth-order valence-corrected chi connectivity index (χ4v) is 2.40. The lowest BCUT2D eigenvalue weighted by Crippen LogP contribution is -2.62. The Labute approximate surface area is 111 Å². The summed E-state index contributed by atoms with van der Waals surface area (Å²) in [6.45, 7) is 7.14. The predicted octanol–water partition coefficient (Wildman–Crippen LogP) is 3.07. The normalized spacial score (nSPS) is 27.7. The van der Waals surface area contributed by atoms with Gasteiger partial charge in [-0.3, -0.25) is 0 Å². The fraction of sp³-hybridized carbons (Fsp3) is 0.571. The molecule has 0 bridgehead atoms. The quantitative estimate of drug-likeness (QED) is 0.832. The monoisotopic (exact) mass is 272 g/mol. The van der Waals surface area contributed by atoms with Gasteiger partial charge in [0.1, 0.15) is 5.82 Å². The molecule has 2 unspecified atom stereocenters. The third-order valence-corrected chi connectivity index (χ3v) is 3.94. The molecule has 1 aliphatic rings. The highest BCUT2D eigenvalue weighted by atomic mass is 19.2. The van der Waals surface area contributed by atoms with Gasteiger partial charge in [0.15, 0.2) is 11.6 Å². The smallest absolute Gasteiger partial charge is 0.182 e. The van der Waals surface area contributed by atoms with E-state index in [1.807, 2.05) is 20.8 Å². The van der Waals surface area contributed by atoms with Gasteiger partial charge in [-0.25, -0.2) is 13.2 Å². The summed E-state index contributed by atoms with van der Waals surface area (Å²) in [6, 6.07) is 1.62. The summed E-state index contributed by atoms with van der Waals surface area (Å²) in [5.41, 5.74) is -0.173. The average molecular weight is 272 g/mol. The number of piperazine rings is 1. The Bertz CT molecular complexity index is 478. The van der Waals surface area contributed by atoms with Crippen LogP contribution in [0.25, 0.3) is 0 Å². The molecule has 0 saturated carbocycles. The van der Waals surface area contributed by atoms with Crippen LogP contribution >= 0.6 is 0 Å². The summed E-state index contributed by atoms with van der Waals surface area (Å²) in [5.74, 6) is -2.87. The van der Waals surface area contributed by atoms with Crippen molar-refractivity contribution in [1.82, 2.24) is 5.32 Å². The Hall–Kier alpha value is -1.23. The van der Waals surface area contributed by atoms with Crippen LogP contribution in [0.15, 0.2) is 12.1 Å². The number of hydrogen-bond donors (Lipinski definition) is 1. The van der Waals surface area contributed by atoms with Crippen molar-refractivity contribution in [3.63, 3.8) is 0 Å². The van der Waals surface area contributed by atoms with Crippen LogP contribution in [0.1, 0.15) is 27.2 Å². The van der Waals surface area contributed by atoms with Crippen LogP contribution in [-0.4, -0.2) is 24.7 Å². The van der Waals surface area contributed by atoms with Crippen molar-refractivity contribution in [1.29, 1.82) is 0 Å². The number of halogens is 3. The van der Waals surface area contributed by atoms with Gasteiger partial charge in [0.25, 0.3) is 0 Å². The first-order valence-electron chi connectivity index (χ1n) is 6.52. The fourth-order valence-electron chi connectivity index (χ4n) is 2.40. The van der Waals surface area contributed by atoms with E-state index < -0.39 is 17.5 Å². The van der Waals surface area contributed by atoms with Crippen LogP contribution < -0.4 is 10.2 Å². The number of hydrogen-bond acceptors (Lipinski definition) is 2. The van der Waals surface area contributed by atoms with Crippen LogP contribution in [0.3, 0.4) is 0 Å². The minimum absolute atomic E-state index is 0.00572. The molecule has 2 rings (SSSR count). The summed E-state index contributed by atoms with van der Waals surface area (Å²) in [4.78, 5) is 1.74. The summed E-state index contributed by atoms with van der Waals surface area (Å²) >= 11 is 0. The summed E-state index contributed by atoms with van der Waals surface area (Å²) in [6.07, 6.45) is 0.857. The van der Waals surface area contributed by atoms with Crippen molar-refractivity contribution < 1.29 is 13.2 Å². The molecule has 5 heteroatoms. The average Bonchev–Trinajstić information content (AvgIpc) is 2.37. The molecule has 1 fully saturated rings. The number of anilines is 1. The summed E-state index contributed by atoms with van der Waals surface area (Å²) in [5, 5.41) is 3.39. The highest BCUT2D eigenvalue weighted by molar-refractivity contribution is 5.50. The molecule has 0 amide bonds. The first kappa shape index (κ1) is 14.2. The summed E-state index contributed by atoms with van der Waals surface area (Å²) < 4.78 is 40.5. The number of nitrogens with zero attached hydrogens (tertiary/aromatic N) is 1. The maximum absolute atomic E-state index is 13.9. The molecule has 106 valence electrons. The first-order chi connectivity index (χ1) is 8.86. The minimum atomic E-state index is -1.14. The van der Waals surface area contributed by atoms with Crippen LogP contribution in [0.5, 0.6) is 0 Å². The molecule has 0 spiro atoms. The van der Waals surface area contributed by atoms with E-state index in [4.69, 9.17) is 0 Å². The van der Waals surface area contributed by atoms with Gasteiger partial charge in [0.05, 0.1) is 5.69 Å². The van der Waals surface area contributed by atoms with Gasteiger partial charge < -0.3 is 10.2 Å². The minimum Gasteiger partial charge on any atom is -0.363 e. The highest BCUT2D eigenvalue weighted by Gasteiger charge is 2.34. The zero-order valence-electron chi connectivity index (χ0n) is 11.4. The van der Waals surface area contributed by atoms with E-state index in [1.165, 1.54) is 0 Å². The molecule has 0 radical (unpaired) electrons.